The van der Waals surface area contributed by atoms with Crippen molar-refractivity contribution in [1.29, 1.82) is 0 Å². The molecule has 3 rings (SSSR count). The van der Waals surface area contributed by atoms with E-state index in [0.29, 0.717) is 11.7 Å². The summed E-state index contributed by atoms with van der Waals surface area (Å²) in [6, 6.07) is 9.32. The smallest absolute Gasteiger partial charge is 0.141 e. The van der Waals surface area contributed by atoms with Crippen LogP contribution in [0.25, 0.3) is 11.3 Å². The molecule has 3 N–H and O–H groups in total. The van der Waals surface area contributed by atoms with Crippen LogP contribution in [0.5, 0.6) is 11.5 Å². The molecule has 0 aliphatic carbocycles. The van der Waals surface area contributed by atoms with Crippen LogP contribution in [-0.4, -0.2) is 27.8 Å². The third-order valence-electron chi connectivity index (χ3n) is 4.23. The summed E-state index contributed by atoms with van der Waals surface area (Å²) < 4.78 is 0. The normalized spacial score (nSPS) is 18.3. The molecule has 1 aliphatic rings. The van der Waals surface area contributed by atoms with E-state index in [0.717, 1.165) is 30.5 Å². The summed E-state index contributed by atoms with van der Waals surface area (Å²) in [5.41, 5.74) is 2.34. The Balaban J connectivity index is 1.76. The maximum Gasteiger partial charge on any atom is 0.141 e. The average Bonchev–Trinajstić information content (AvgIpc) is 2.54. The zero-order chi connectivity index (χ0) is 15.4. The molecular weight excluding hydrogens is 276 g/mol. The van der Waals surface area contributed by atoms with Gasteiger partial charge < -0.3 is 15.5 Å². The summed E-state index contributed by atoms with van der Waals surface area (Å²) in [5, 5.41) is 23.4. The molecule has 1 atom stereocenters. The Hall–Kier alpha value is -2.07. The Morgan fingerprint density at radius 1 is 1.18 bits per heavy atom. The van der Waals surface area contributed by atoms with Crippen LogP contribution in [0.2, 0.25) is 0 Å². The average molecular weight is 298 g/mol. The SMILES string of the molecule is Oc1cc(CCC2CCCCN2)cc(-c2ncccc2O)c1. The van der Waals surface area contributed by atoms with Crippen LogP contribution in [0.3, 0.4) is 0 Å². The molecule has 1 aliphatic heterocycles. The van der Waals surface area contributed by atoms with Crippen LogP contribution in [0.1, 0.15) is 31.2 Å². The molecule has 2 aromatic rings. The maximum atomic E-state index is 9.96. The van der Waals surface area contributed by atoms with Gasteiger partial charge in [-0.2, -0.15) is 0 Å². The zero-order valence-electron chi connectivity index (χ0n) is 12.6. The lowest BCUT2D eigenvalue weighted by Gasteiger charge is -2.23. The number of aromatic hydroxyl groups is 2. The number of hydrogen-bond acceptors (Lipinski definition) is 4. The highest BCUT2D eigenvalue weighted by atomic mass is 16.3. The maximum absolute atomic E-state index is 9.96. The van der Waals surface area contributed by atoms with E-state index in [2.05, 4.69) is 10.3 Å². The van der Waals surface area contributed by atoms with Crippen molar-refractivity contribution in [1.82, 2.24) is 10.3 Å². The lowest BCUT2D eigenvalue weighted by molar-refractivity contribution is 0.382. The van der Waals surface area contributed by atoms with E-state index in [4.69, 9.17) is 0 Å². The van der Waals surface area contributed by atoms with Crippen LogP contribution in [0.4, 0.5) is 0 Å². The Bertz CT molecular complexity index is 637. The van der Waals surface area contributed by atoms with Crippen molar-refractivity contribution >= 4 is 0 Å². The van der Waals surface area contributed by atoms with Crippen molar-refractivity contribution in [3.63, 3.8) is 0 Å². The molecular formula is C18H22N2O2. The van der Waals surface area contributed by atoms with Crippen molar-refractivity contribution in [3.8, 4) is 22.8 Å². The fourth-order valence-corrected chi connectivity index (χ4v) is 3.09. The zero-order valence-corrected chi connectivity index (χ0v) is 12.6. The van der Waals surface area contributed by atoms with Crippen molar-refractivity contribution in [2.24, 2.45) is 0 Å². The first-order valence-electron chi connectivity index (χ1n) is 7.93. The highest BCUT2D eigenvalue weighted by Crippen LogP contribution is 2.30. The predicted molar refractivity (Wildman–Crippen MR) is 87.0 cm³/mol. The Morgan fingerprint density at radius 2 is 2.09 bits per heavy atom. The van der Waals surface area contributed by atoms with E-state index in [9.17, 15) is 10.2 Å². The van der Waals surface area contributed by atoms with Gasteiger partial charge in [0.2, 0.25) is 0 Å². The number of rotatable bonds is 4. The highest BCUT2D eigenvalue weighted by Gasteiger charge is 2.13. The molecule has 1 aromatic carbocycles. The summed E-state index contributed by atoms with van der Waals surface area (Å²) in [6.45, 7) is 1.11. The van der Waals surface area contributed by atoms with Crippen LogP contribution in [0.15, 0.2) is 36.5 Å². The molecule has 0 radical (unpaired) electrons. The topological polar surface area (TPSA) is 65.4 Å². The number of nitrogens with one attached hydrogen (secondary N) is 1. The lowest BCUT2D eigenvalue weighted by atomic mass is 9.96. The summed E-state index contributed by atoms with van der Waals surface area (Å²) >= 11 is 0. The lowest BCUT2D eigenvalue weighted by Crippen LogP contribution is -2.34. The monoisotopic (exact) mass is 298 g/mol. The van der Waals surface area contributed by atoms with E-state index in [1.165, 1.54) is 19.3 Å². The predicted octanol–water partition coefficient (Wildman–Crippen LogP) is 3.23. The molecule has 1 aromatic heterocycles. The van der Waals surface area contributed by atoms with Gasteiger partial charge in [0.25, 0.3) is 0 Å². The number of benzene rings is 1. The van der Waals surface area contributed by atoms with Crippen molar-refractivity contribution < 1.29 is 10.2 Å². The Kier molecular flexibility index (Phi) is 4.59. The van der Waals surface area contributed by atoms with E-state index in [-0.39, 0.29) is 11.5 Å². The third kappa shape index (κ3) is 3.57. The largest absolute Gasteiger partial charge is 0.508 e. The van der Waals surface area contributed by atoms with Gasteiger partial charge >= 0.3 is 0 Å². The molecule has 1 saturated heterocycles. The second-order valence-corrected chi connectivity index (χ2v) is 5.94. The molecule has 4 nitrogen and oxygen atoms in total. The second kappa shape index (κ2) is 6.79. The summed E-state index contributed by atoms with van der Waals surface area (Å²) in [4.78, 5) is 4.21. The highest BCUT2D eigenvalue weighted by molar-refractivity contribution is 5.67. The molecule has 2 heterocycles. The van der Waals surface area contributed by atoms with Gasteiger partial charge in [-0.1, -0.05) is 6.42 Å². The molecule has 0 amide bonds. The van der Waals surface area contributed by atoms with Crippen molar-refractivity contribution in [2.75, 3.05) is 6.54 Å². The molecule has 1 unspecified atom stereocenters. The number of phenols is 1. The standard InChI is InChI=1S/C18H22N2O2/c21-16-11-13(6-7-15-4-1-2-8-19-15)10-14(12-16)18-17(22)5-3-9-20-18/h3,5,9-12,15,19,21-22H,1-2,4,6-8H2. The quantitative estimate of drug-likeness (QED) is 0.811. The van der Waals surface area contributed by atoms with Crippen LogP contribution < -0.4 is 5.32 Å². The van der Waals surface area contributed by atoms with Crippen molar-refractivity contribution in [3.05, 3.63) is 42.1 Å². The minimum absolute atomic E-state index is 0.132. The van der Waals surface area contributed by atoms with Crippen LogP contribution >= 0.6 is 0 Å². The van der Waals surface area contributed by atoms with Gasteiger partial charge in [0, 0.05) is 17.8 Å². The summed E-state index contributed by atoms with van der Waals surface area (Å²) in [6.07, 6.45) is 7.41. The molecule has 22 heavy (non-hydrogen) atoms. The first kappa shape index (κ1) is 14.9. The minimum Gasteiger partial charge on any atom is -0.508 e. The van der Waals surface area contributed by atoms with Gasteiger partial charge in [0.1, 0.15) is 17.2 Å². The third-order valence-corrected chi connectivity index (χ3v) is 4.23. The number of hydrogen-bond donors (Lipinski definition) is 3. The Morgan fingerprint density at radius 3 is 2.86 bits per heavy atom. The van der Waals surface area contributed by atoms with Gasteiger partial charge in [-0.15, -0.1) is 0 Å². The molecule has 116 valence electrons. The Labute approximate surface area is 130 Å². The molecule has 0 spiro atoms. The first-order valence-corrected chi connectivity index (χ1v) is 7.93. The van der Waals surface area contributed by atoms with Gasteiger partial charge in [0.05, 0.1) is 0 Å². The van der Waals surface area contributed by atoms with Crippen LogP contribution in [0, 0.1) is 0 Å². The molecule has 4 heteroatoms. The van der Waals surface area contributed by atoms with Gasteiger partial charge in [-0.25, -0.2) is 0 Å². The number of aromatic nitrogens is 1. The minimum atomic E-state index is 0.132. The van der Waals surface area contributed by atoms with E-state index >= 15 is 0 Å². The van der Waals surface area contributed by atoms with Gasteiger partial charge in [0.15, 0.2) is 0 Å². The first-order chi connectivity index (χ1) is 10.7. The molecule has 0 saturated carbocycles. The summed E-state index contributed by atoms with van der Waals surface area (Å²) in [5.74, 6) is 0.349. The van der Waals surface area contributed by atoms with Crippen molar-refractivity contribution in [2.45, 2.75) is 38.1 Å². The van der Waals surface area contributed by atoms with Crippen LogP contribution in [-0.2, 0) is 6.42 Å². The number of pyridine rings is 1. The van der Waals surface area contributed by atoms with E-state index in [1.807, 2.05) is 6.07 Å². The molecule has 0 bridgehead atoms. The number of aryl methyl sites for hydroxylation is 1. The van der Waals surface area contributed by atoms with Gasteiger partial charge in [-0.05, 0) is 68.1 Å². The number of piperidine rings is 1. The van der Waals surface area contributed by atoms with E-state index < -0.39 is 0 Å². The van der Waals surface area contributed by atoms with E-state index in [1.54, 1.807) is 30.5 Å². The number of nitrogens with zero attached hydrogens (tertiary/aromatic N) is 1. The fraction of sp³-hybridized carbons (Fsp3) is 0.389. The van der Waals surface area contributed by atoms with Gasteiger partial charge in [-0.3, -0.25) is 4.98 Å². The fourth-order valence-electron chi connectivity index (χ4n) is 3.09. The molecule has 1 fully saturated rings. The second-order valence-electron chi connectivity index (χ2n) is 5.94. The summed E-state index contributed by atoms with van der Waals surface area (Å²) in [7, 11) is 0. The number of phenolic OH excluding ortho intramolecular Hbond substituents is 1.